The van der Waals surface area contributed by atoms with Gasteiger partial charge < -0.3 is 10.5 Å². The molecule has 0 spiro atoms. The number of aromatic nitrogens is 2. The number of esters is 1. The summed E-state index contributed by atoms with van der Waals surface area (Å²) in [5.41, 5.74) is 6.46. The summed E-state index contributed by atoms with van der Waals surface area (Å²) in [7, 11) is 1.32. The van der Waals surface area contributed by atoms with E-state index in [1.807, 2.05) is 13.8 Å². The molecule has 0 fully saturated rings. The number of rotatable bonds is 4. The highest BCUT2D eigenvalue weighted by molar-refractivity contribution is 5.75. The van der Waals surface area contributed by atoms with Gasteiger partial charge in [0.1, 0.15) is 11.9 Å². The lowest BCUT2D eigenvalue weighted by Gasteiger charge is -2.09. The van der Waals surface area contributed by atoms with Gasteiger partial charge in [-0.15, -0.1) is 0 Å². The minimum atomic E-state index is -0.654. The summed E-state index contributed by atoms with van der Waals surface area (Å²) >= 11 is 0. The minimum absolute atomic E-state index is 0.295. The summed E-state index contributed by atoms with van der Waals surface area (Å²) in [4.78, 5) is 19.5. The molecular formula is C11H17N3O2. The second-order valence-corrected chi connectivity index (χ2v) is 3.94. The van der Waals surface area contributed by atoms with Crippen LogP contribution in [0.1, 0.15) is 31.2 Å². The van der Waals surface area contributed by atoms with Crippen LogP contribution in [0.2, 0.25) is 0 Å². The van der Waals surface area contributed by atoms with Crippen molar-refractivity contribution < 1.29 is 9.53 Å². The van der Waals surface area contributed by atoms with Crippen molar-refractivity contribution >= 4 is 5.97 Å². The summed E-state index contributed by atoms with van der Waals surface area (Å²) in [6.07, 6.45) is 3.79. The molecule has 5 nitrogen and oxygen atoms in total. The van der Waals surface area contributed by atoms with Crippen LogP contribution in [0.5, 0.6) is 0 Å². The number of ether oxygens (including phenoxy) is 1. The zero-order valence-corrected chi connectivity index (χ0v) is 9.80. The third-order valence-electron chi connectivity index (χ3n) is 2.20. The van der Waals surface area contributed by atoms with E-state index in [1.54, 1.807) is 12.4 Å². The van der Waals surface area contributed by atoms with Gasteiger partial charge >= 0.3 is 5.97 Å². The molecule has 0 saturated heterocycles. The minimum Gasteiger partial charge on any atom is -0.468 e. The Hall–Kier alpha value is -1.49. The second kappa shape index (κ2) is 5.55. The standard InChI is InChI=1S/C11H17N3O2/c1-7(2)10-13-5-8(6-14-10)4-9(12)11(15)16-3/h5-7,9H,4,12H2,1-3H3. The molecule has 1 atom stereocenters. The fourth-order valence-corrected chi connectivity index (χ4v) is 1.26. The molecule has 1 aromatic rings. The highest BCUT2D eigenvalue weighted by atomic mass is 16.5. The maximum absolute atomic E-state index is 11.1. The first-order chi connectivity index (χ1) is 7.54. The van der Waals surface area contributed by atoms with Crippen LogP contribution in [0.4, 0.5) is 0 Å². The Balaban J connectivity index is 2.65. The van der Waals surface area contributed by atoms with Gasteiger partial charge in [-0.05, 0) is 5.56 Å². The van der Waals surface area contributed by atoms with Gasteiger partial charge in [-0.25, -0.2) is 9.97 Å². The van der Waals surface area contributed by atoms with E-state index in [0.29, 0.717) is 12.3 Å². The topological polar surface area (TPSA) is 78.1 Å². The van der Waals surface area contributed by atoms with E-state index in [0.717, 1.165) is 11.4 Å². The van der Waals surface area contributed by atoms with Crippen LogP contribution < -0.4 is 5.73 Å². The quantitative estimate of drug-likeness (QED) is 0.758. The van der Waals surface area contributed by atoms with Crippen molar-refractivity contribution in [3.8, 4) is 0 Å². The molecule has 0 bridgehead atoms. The highest BCUT2D eigenvalue weighted by Gasteiger charge is 2.14. The molecule has 2 N–H and O–H groups in total. The first kappa shape index (κ1) is 12.6. The van der Waals surface area contributed by atoms with E-state index in [4.69, 9.17) is 5.73 Å². The normalized spacial score (nSPS) is 12.6. The van der Waals surface area contributed by atoms with Crippen LogP contribution in [-0.2, 0) is 16.0 Å². The monoisotopic (exact) mass is 223 g/mol. The van der Waals surface area contributed by atoms with Crippen molar-refractivity contribution in [3.63, 3.8) is 0 Å². The molecule has 1 heterocycles. The van der Waals surface area contributed by atoms with E-state index >= 15 is 0 Å². The Morgan fingerprint density at radius 1 is 1.44 bits per heavy atom. The van der Waals surface area contributed by atoms with Crippen LogP contribution >= 0.6 is 0 Å². The predicted octanol–water partition coefficient (Wildman–Crippen LogP) is 0.643. The third kappa shape index (κ3) is 3.27. The summed E-state index contributed by atoms with van der Waals surface area (Å²) < 4.78 is 4.54. The largest absolute Gasteiger partial charge is 0.468 e. The van der Waals surface area contributed by atoms with Gasteiger partial charge in [-0.3, -0.25) is 4.79 Å². The van der Waals surface area contributed by atoms with E-state index < -0.39 is 12.0 Å². The first-order valence-electron chi connectivity index (χ1n) is 5.18. The Morgan fingerprint density at radius 2 is 2.00 bits per heavy atom. The van der Waals surface area contributed by atoms with Gasteiger partial charge in [0.15, 0.2) is 0 Å². The molecule has 1 rings (SSSR count). The molecule has 0 saturated carbocycles. The van der Waals surface area contributed by atoms with Gasteiger partial charge in [-0.1, -0.05) is 13.8 Å². The van der Waals surface area contributed by atoms with Crippen molar-refractivity contribution in [3.05, 3.63) is 23.8 Å². The molecule has 0 aliphatic heterocycles. The Bertz CT molecular complexity index is 349. The molecule has 0 radical (unpaired) electrons. The maximum Gasteiger partial charge on any atom is 0.322 e. The fraction of sp³-hybridized carbons (Fsp3) is 0.545. The molecular weight excluding hydrogens is 206 g/mol. The van der Waals surface area contributed by atoms with Gasteiger partial charge in [-0.2, -0.15) is 0 Å². The van der Waals surface area contributed by atoms with Crippen molar-refractivity contribution in [1.82, 2.24) is 9.97 Å². The second-order valence-electron chi connectivity index (χ2n) is 3.94. The van der Waals surface area contributed by atoms with Gasteiger partial charge in [0.25, 0.3) is 0 Å². The molecule has 5 heteroatoms. The van der Waals surface area contributed by atoms with Crippen LogP contribution in [0.15, 0.2) is 12.4 Å². The summed E-state index contributed by atoms with van der Waals surface area (Å²) in [5.74, 6) is 0.659. The van der Waals surface area contributed by atoms with E-state index in [-0.39, 0.29) is 0 Å². The molecule has 88 valence electrons. The molecule has 1 aromatic heterocycles. The van der Waals surface area contributed by atoms with E-state index in [1.165, 1.54) is 7.11 Å². The van der Waals surface area contributed by atoms with Crippen molar-refractivity contribution in [1.29, 1.82) is 0 Å². The highest BCUT2D eigenvalue weighted by Crippen LogP contribution is 2.08. The SMILES string of the molecule is COC(=O)C(N)Cc1cnc(C(C)C)nc1. The Kier molecular flexibility index (Phi) is 4.37. The van der Waals surface area contributed by atoms with Gasteiger partial charge in [0, 0.05) is 24.7 Å². The fourth-order valence-electron chi connectivity index (χ4n) is 1.26. The van der Waals surface area contributed by atoms with Crippen LogP contribution in [-0.4, -0.2) is 29.1 Å². The van der Waals surface area contributed by atoms with Crippen LogP contribution in [0, 0.1) is 0 Å². The zero-order valence-electron chi connectivity index (χ0n) is 9.80. The van der Waals surface area contributed by atoms with Crippen molar-refractivity contribution in [2.45, 2.75) is 32.2 Å². The average Bonchev–Trinajstić information content (AvgIpc) is 2.28. The molecule has 0 aliphatic rings. The molecule has 0 amide bonds. The number of nitrogens with zero attached hydrogens (tertiary/aromatic N) is 2. The van der Waals surface area contributed by atoms with E-state index in [2.05, 4.69) is 14.7 Å². The number of hydrogen-bond donors (Lipinski definition) is 1. The lowest BCUT2D eigenvalue weighted by molar-refractivity contribution is -0.142. The molecule has 16 heavy (non-hydrogen) atoms. The van der Waals surface area contributed by atoms with Crippen LogP contribution in [0.3, 0.4) is 0 Å². The average molecular weight is 223 g/mol. The summed E-state index contributed by atoms with van der Waals surface area (Å²) in [6.45, 7) is 4.05. The van der Waals surface area contributed by atoms with Crippen molar-refractivity contribution in [2.75, 3.05) is 7.11 Å². The lowest BCUT2D eigenvalue weighted by atomic mass is 10.1. The number of carbonyl (C=O) groups is 1. The maximum atomic E-state index is 11.1. The number of hydrogen-bond acceptors (Lipinski definition) is 5. The number of nitrogens with two attached hydrogens (primary N) is 1. The smallest absolute Gasteiger partial charge is 0.322 e. The number of carbonyl (C=O) groups excluding carboxylic acids is 1. The lowest BCUT2D eigenvalue weighted by Crippen LogP contribution is -2.33. The Labute approximate surface area is 95.0 Å². The summed E-state index contributed by atoms with van der Waals surface area (Å²) in [6, 6.07) is -0.654. The summed E-state index contributed by atoms with van der Waals surface area (Å²) in [5, 5.41) is 0. The predicted molar refractivity (Wildman–Crippen MR) is 59.8 cm³/mol. The van der Waals surface area contributed by atoms with Gasteiger partial charge in [0.2, 0.25) is 0 Å². The first-order valence-corrected chi connectivity index (χ1v) is 5.18. The molecule has 1 unspecified atom stereocenters. The number of methoxy groups -OCH3 is 1. The van der Waals surface area contributed by atoms with Crippen molar-refractivity contribution in [2.24, 2.45) is 5.73 Å². The molecule has 0 aliphatic carbocycles. The molecule has 0 aromatic carbocycles. The van der Waals surface area contributed by atoms with Gasteiger partial charge in [0.05, 0.1) is 7.11 Å². The third-order valence-corrected chi connectivity index (χ3v) is 2.20. The Morgan fingerprint density at radius 3 is 2.44 bits per heavy atom. The van der Waals surface area contributed by atoms with Crippen LogP contribution in [0.25, 0.3) is 0 Å². The van der Waals surface area contributed by atoms with E-state index in [9.17, 15) is 4.79 Å². The zero-order chi connectivity index (χ0) is 12.1.